The van der Waals surface area contributed by atoms with Gasteiger partial charge in [-0.1, -0.05) is 11.6 Å². The van der Waals surface area contributed by atoms with Gasteiger partial charge in [0.15, 0.2) is 5.75 Å². The number of halogens is 1. The predicted molar refractivity (Wildman–Crippen MR) is 81.6 cm³/mol. The van der Waals surface area contributed by atoms with Crippen molar-refractivity contribution >= 4 is 29.3 Å². The van der Waals surface area contributed by atoms with Crippen LogP contribution < -0.4 is 10.5 Å². The molecule has 1 aromatic heterocycles. The van der Waals surface area contributed by atoms with Crippen molar-refractivity contribution in [2.45, 2.75) is 6.92 Å². The number of anilines is 1. The first kappa shape index (κ1) is 14.9. The van der Waals surface area contributed by atoms with Crippen LogP contribution in [0.1, 0.15) is 11.1 Å². The fraction of sp³-hybridized carbons (Fsp3) is 0.0667. The number of rotatable bonds is 4. The molecule has 5 nitrogen and oxygen atoms in total. The molecule has 2 rings (SSSR count). The molecule has 0 spiro atoms. The molecule has 0 bridgehead atoms. The lowest BCUT2D eigenvalue weighted by atomic mass is 10.1. The first-order valence-corrected chi connectivity index (χ1v) is 6.44. The van der Waals surface area contributed by atoms with Crippen LogP contribution in [-0.4, -0.2) is 16.1 Å². The molecule has 0 aliphatic rings. The number of aliphatic carboxylic acids is 1. The summed E-state index contributed by atoms with van der Waals surface area (Å²) in [5.74, 6) is -0.167. The molecular weight excluding hydrogens is 292 g/mol. The SMILES string of the molecule is Cc1cc(/C=C/C(=O)O)cc(Cl)c1Oc1ccc(N)cn1. The van der Waals surface area contributed by atoms with Gasteiger partial charge in [0.05, 0.1) is 16.9 Å². The van der Waals surface area contributed by atoms with Gasteiger partial charge < -0.3 is 15.6 Å². The molecule has 21 heavy (non-hydrogen) atoms. The van der Waals surface area contributed by atoms with Crippen molar-refractivity contribution in [2.24, 2.45) is 0 Å². The summed E-state index contributed by atoms with van der Waals surface area (Å²) >= 11 is 6.17. The summed E-state index contributed by atoms with van der Waals surface area (Å²) in [6, 6.07) is 6.72. The molecule has 0 saturated carbocycles. The second kappa shape index (κ2) is 6.28. The smallest absolute Gasteiger partial charge is 0.328 e. The van der Waals surface area contributed by atoms with Crippen molar-refractivity contribution in [1.82, 2.24) is 4.98 Å². The molecule has 2 aromatic rings. The van der Waals surface area contributed by atoms with E-state index in [1.54, 1.807) is 24.3 Å². The highest BCUT2D eigenvalue weighted by Crippen LogP contribution is 2.33. The number of nitrogens with two attached hydrogens (primary N) is 1. The van der Waals surface area contributed by atoms with Crippen molar-refractivity contribution in [3.63, 3.8) is 0 Å². The molecule has 1 heterocycles. The van der Waals surface area contributed by atoms with Crippen molar-refractivity contribution in [1.29, 1.82) is 0 Å². The second-order valence-corrected chi connectivity index (χ2v) is 4.76. The predicted octanol–water partition coefficient (Wildman–Crippen LogP) is 3.52. The first-order chi connectivity index (χ1) is 9.95. The van der Waals surface area contributed by atoms with E-state index in [1.165, 1.54) is 12.3 Å². The van der Waals surface area contributed by atoms with E-state index in [0.717, 1.165) is 11.6 Å². The molecule has 0 radical (unpaired) electrons. The van der Waals surface area contributed by atoms with E-state index in [4.69, 9.17) is 27.2 Å². The van der Waals surface area contributed by atoms with E-state index in [1.807, 2.05) is 6.92 Å². The van der Waals surface area contributed by atoms with E-state index in [2.05, 4.69) is 4.98 Å². The highest BCUT2D eigenvalue weighted by atomic mass is 35.5. The van der Waals surface area contributed by atoms with Gasteiger partial charge in [-0.15, -0.1) is 0 Å². The molecule has 6 heteroatoms. The summed E-state index contributed by atoms with van der Waals surface area (Å²) < 4.78 is 5.64. The molecular formula is C15H13ClN2O3. The number of hydrogen-bond donors (Lipinski definition) is 2. The maximum absolute atomic E-state index is 10.5. The first-order valence-electron chi connectivity index (χ1n) is 6.06. The number of aromatic nitrogens is 1. The Labute approximate surface area is 126 Å². The number of hydrogen-bond acceptors (Lipinski definition) is 4. The summed E-state index contributed by atoms with van der Waals surface area (Å²) in [4.78, 5) is 14.6. The van der Waals surface area contributed by atoms with E-state index in [0.29, 0.717) is 27.9 Å². The Morgan fingerprint density at radius 2 is 2.19 bits per heavy atom. The van der Waals surface area contributed by atoms with Crippen LogP contribution in [0, 0.1) is 6.92 Å². The number of aryl methyl sites for hydroxylation is 1. The van der Waals surface area contributed by atoms with Crippen LogP contribution in [0.25, 0.3) is 6.08 Å². The molecule has 3 N–H and O–H groups in total. The summed E-state index contributed by atoms with van der Waals surface area (Å²) in [6.07, 6.45) is 4.00. The minimum atomic E-state index is -1.02. The number of carbonyl (C=O) groups is 1. The summed E-state index contributed by atoms with van der Waals surface area (Å²) in [6.45, 7) is 1.82. The van der Waals surface area contributed by atoms with E-state index >= 15 is 0 Å². The standard InChI is InChI=1S/C15H13ClN2O3/c1-9-6-10(2-5-14(19)20)7-12(16)15(9)21-13-4-3-11(17)8-18-13/h2-8H,17H2,1H3,(H,19,20)/b5-2+. The van der Waals surface area contributed by atoms with Crippen LogP contribution in [0.4, 0.5) is 5.69 Å². The lowest BCUT2D eigenvalue weighted by Gasteiger charge is -2.11. The van der Waals surface area contributed by atoms with Gasteiger partial charge in [-0.25, -0.2) is 9.78 Å². The van der Waals surface area contributed by atoms with Gasteiger partial charge in [-0.2, -0.15) is 0 Å². The number of nitrogens with zero attached hydrogens (tertiary/aromatic N) is 1. The zero-order valence-corrected chi connectivity index (χ0v) is 12.0. The van der Waals surface area contributed by atoms with Crippen LogP contribution in [0.15, 0.2) is 36.5 Å². The van der Waals surface area contributed by atoms with Gasteiger partial charge in [0, 0.05) is 12.1 Å². The Balaban J connectivity index is 2.28. The molecule has 0 saturated heterocycles. The third-order valence-electron chi connectivity index (χ3n) is 2.64. The van der Waals surface area contributed by atoms with Crippen LogP contribution >= 0.6 is 11.6 Å². The molecule has 1 aromatic carbocycles. The van der Waals surface area contributed by atoms with E-state index in [-0.39, 0.29) is 0 Å². The Morgan fingerprint density at radius 3 is 2.76 bits per heavy atom. The highest BCUT2D eigenvalue weighted by molar-refractivity contribution is 6.32. The Morgan fingerprint density at radius 1 is 1.43 bits per heavy atom. The minimum Gasteiger partial charge on any atom is -0.478 e. The van der Waals surface area contributed by atoms with Crippen molar-refractivity contribution < 1.29 is 14.6 Å². The zero-order chi connectivity index (χ0) is 15.4. The lowest BCUT2D eigenvalue weighted by molar-refractivity contribution is -0.131. The van der Waals surface area contributed by atoms with Gasteiger partial charge in [0.2, 0.25) is 5.88 Å². The van der Waals surface area contributed by atoms with Gasteiger partial charge in [0.1, 0.15) is 0 Å². The van der Waals surface area contributed by atoms with E-state index < -0.39 is 5.97 Å². The second-order valence-electron chi connectivity index (χ2n) is 4.35. The third kappa shape index (κ3) is 3.97. The van der Waals surface area contributed by atoms with Crippen LogP contribution in [0.2, 0.25) is 5.02 Å². The fourth-order valence-corrected chi connectivity index (χ4v) is 2.02. The quantitative estimate of drug-likeness (QED) is 0.844. The Bertz CT molecular complexity index is 674. The minimum absolute atomic E-state index is 0.374. The molecule has 0 amide bonds. The topological polar surface area (TPSA) is 85.4 Å². The molecule has 0 unspecified atom stereocenters. The van der Waals surface area contributed by atoms with Crippen LogP contribution in [-0.2, 0) is 4.79 Å². The van der Waals surface area contributed by atoms with Crippen molar-refractivity contribution in [2.75, 3.05) is 5.73 Å². The van der Waals surface area contributed by atoms with Crippen molar-refractivity contribution in [3.05, 3.63) is 52.7 Å². The highest BCUT2D eigenvalue weighted by Gasteiger charge is 2.09. The largest absolute Gasteiger partial charge is 0.478 e. The molecule has 0 aliphatic heterocycles. The number of carboxylic acid groups (broad SMARTS) is 1. The average Bonchev–Trinajstić information content (AvgIpc) is 2.42. The molecule has 108 valence electrons. The van der Waals surface area contributed by atoms with E-state index in [9.17, 15) is 4.79 Å². The van der Waals surface area contributed by atoms with Gasteiger partial charge in [-0.3, -0.25) is 0 Å². The number of pyridine rings is 1. The monoisotopic (exact) mass is 304 g/mol. The Kier molecular flexibility index (Phi) is 4.45. The van der Waals surface area contributed by atoms with Gasteiger partial charge in [-0.05, 0) is 42.3 Å². The third-order valence-corrected chi connectivity index (χ3v) is 2.92. The number of benzene rings is 1. The molecule has 0 fully saturated rings. The van der Waals surface area contributed by atoms with Crippen molar-refractivity contribution in [3.8, 4) is 11.6 Å². The van der Waals surface area contributed by atoms with Gasteiger partial charge >= 0.3 is 5.97 Å². The summed E-state index contributed by atoms with van der Waals surface area (Å²) in [5, 5.41) is 9.00. The fourth-order valence-electron chi connectivity index (χ4n) is 1.71. The zero-order valence-electron chi connectivity index (χ0n) is 11.2. The average molecular weight is 305 g/mol. The normalized spacial score (nSPS) is 10.8. The summed E-state index contributed by atoms with van der Waals surface area (Å²) in [5.41, 5.74) is 7.55. The number of carboxylic acids is 1. The lowest BCUT2D eigenvalue weighted by Crippen LogP contribution is -1.94. The molecule has 0 atom stereocenters. The maximum atomic E-state index is 10.5. The maximum Gasteiger partial charge on any atom is 0.328 e. The molecule has 0 aliphatic carbocycles. The van der Waals surface area contributed by atoms with Gasteiger partial charge in [0.25, 0.3) is 0 Å². The number of ether oxygens (including phenoxy) is 1. The number of nitrogen functional groups attached to an aromatic ring is 1. The Hall–Kier alpha value is -2.53. The van der Waals surface area contributed by atoms with Crippen LogP contribution in [0.5, 0.6) is 11.6 Å². The summed E-state index contributed by atoms with van der Waals surface area (Å²) in [7, 11) is 0. The van der Waals surface area contributed by atoms with Crippen LogP contribution in [0.3, 0.4) is 0 Å².